The summed E-state index contributed by atoms with van der Waals surface area (Å²) in [5.41, 5.74) is 0.132. The maximum Gasteiger partial charge on any atom is 0.0791 e. The van der Waals surface area contributed by atoms with Crippen LogP contribution in [0, 0.1) is 0 Å². The summed E-state index contributed by atoms with van der Waals surface area (Å²) in [6, 6.07) is 0. The Morgan fingerprint density at radius 1 is 1.47 bits per heavy atom. The van der Waals surface area contributed by atoms with E-state index in [0.717, 1.165) is 26.2 Å². The maximum atomic E-state index is 9.74. The average molecular weight is 215 g/mol. The summed E-state index contributed by atoms with van der Waals surface area (Å²) < 4.78 is 0. The van der Waals surface area contributed by atoms with Crippen LogP contribution in [-0.4, -0.2) is 73.4 Å². The van der Waals surface area contributed by atoms with Crippen LogP contribution in [0.1, 0.15) is 13.8 Å². The number of rotatable bonds is 3. The number of nitrogens with zero attached hydrogens (tertiary/aromatic N) is 2. The molecule has 0 aromatic rings. The standard InChI is InChI=1S/C11H25N3O/c1-11(2)9-12-7-10(15)8-14(11)6-5-13(3)4/h10,12,15H,5-9H2,1-4H3. The Balaban J connectivity index is 2.54. The molecule has 1 atom stereocenters. The lowest BCUT2D eigenvalue weighted by molar-refractivity contribution is 0.0714. The zero-order valence-corrected chi connectivity index (χ0v) is 10.5. The highest BCUT2D eigenvalue weighted by Gasteiger charge is 2.30. The van der Waals surface area contributed by atoms with Gasteiger partial charge in [-0.3, -0.25) is 4.90 Å². The van der Waals surface area contributed by atoms with Gasteiger partial charge in [-0.2, -0.15) is 0 Å². The van der Waals surface area contributed by atoms with Crippen LogP contribution in [0.3, 0.4) is 0 Å². The van der Waals surface area contributed by atoms with Crippen LogP contribution in [0.4, 0.5) is 0 Å². The van der Waals surface area contributed by atoms with Crippen molar-refractivity contribution >= 4 is 0 Å². The Labute approximate surface area is 93.2 Å². The van der Waals surface area contributed by atoms with Crippen molar-refractivity contribution in [2.24, 2.45) is 0 Å². The first-order chi connectivity index (χ1) is 6.92. The Morgan fingerprint density at radius 2 is 2.13 bits per heavy atom. The maximum absolute atomic E-state index is 9.74. The second-order valence-electron chi connectivity index (χ2n) is 5.35. The van der Waals surface area contributed by atoms with Gasteiger partial charge in [-0.1, -0.05) is 0 Å². The summed E-state index contributed by atoms with van der Waals surface area (Å²) in [4.78, 5) is 4.55. The van der Waals surface area contributed by atoms with Crippen LogP contribution in [0.5, 0.6) is 0 Å². The molecule has 1 heterocycles. The van der Waals surface area contributed by atoms with Crippen molar-refractivity contribution in [2.75, 3.05) is 46.8 Å². The van der Waals surface area contributed by atoms with E-state index in [-0.39, 0.29) is 11.6 Å². The molecule has 0 radical (unpaired) electrons. The molecule has 90 valence electrons. The minimum atomic E-state index is -0.242. The summed E-state index contributed by atoms with van der Waals surface area (Å²) in [5, 5.41) is 13.0. The molecule has 15 heavy (non-hydrogen) atoms. The molecule has 1 aliphatic heterocycles. The molecule has 1 saturated heterocycles. The monoisotopic (exact) mass is 215 g/mol. The van der Waals surface area contributed by atoms with Crippen molar-refractivity contribution in [1.29, 1.82) is 0 Å². The lowest BCUT2D eigenvalue weighted by atomic mass is 10.0. The van der Waals surface area contributed by atoms with E-state index < -0.39 is 0 Å². The molecule has 1 unspecified atom stereocenters. The van der Waals surface area contributed by atoms with Gasteiger partial charge in [-0.25, -0.2) is 0 Å². The third kappa shape index (κ3) is 4.07. The lowest BCUT2D eigenvalue weighted by Gasteiger charge is -2.37. The molecule has 0 aromatic heterocycles. The van der Waals surface area contributed by atoms with Gasteiger partial charge in [-0.15, -0.1) is 0 Å². The van der Waals surface area contributed by atoms with E-state index in [1.54, 1.807) is 0 Å². The molecule has 0 spiro atoms. The van der Waals surface area contributed by atoms with Crippen LogP contribution in [0.2, 0.25) is 0 Å². The first-order valence-corrected chi connectivity index (χ1v) is 5.70. The number of β-amino-alcohol motifs (C(OH)–C–C–N with tert-alkyl or cyclic N) is 1. The van der Waals surface area contributed by atoms with E-state index in [1.165, 1.54) is 0 Å². The smallest absolute Gasteiger partial charge is 0.0791 e. The minimum Gasteiger partial charge on any atom is -0.390 e. The first kappa shape index (κ1) is 12.9. The molecule has 0 aliphatic carbocycles. The van der Waals surface area contributed by atoms with Gasteiger partial charge in [0.15, 0.2) is 0 Å². The summed E-state index contributed by atoms with van der Waals surface area (Å²) in [7, 11) is 4.17. The number of aliphatic hydroxyl groups is 1. The second-order valence-corrected chi connectivity index (χ2v) is 5.35. The van der Waals surface area contributed by atoms with Gasteiger partial charge in [0.1, 0.15) is 0 Å². The Morgan fingerprint density at radius 3 is 2.73 bits per heavy atom. The zero-order chi connectivity index (χ0) is 11.5. The summed E-state index contributed by atoms with van der Waals surface area (Å²) in [6.45, 7) is 8.93. The summed E-state index contributed by atoms with van der Waals surface area (Å²) >= 11 is 0. The zero-order valence-electron chi connectivity index (χ0n) is 10.5. The molecular weight excluding hydrogens is 190 g/mol. The predicted molar refractivity (Wildman–Crippen MR) is 63.1 cm³/mol. The van der Waals surface area contributed by atoms with E-state index in [4.69, 9.17) is 0 Å². The van der Waals surface area contributed by atoms with Crippen molar-refractivity contribution in [3.8, 4) is 0 Å². The van der Waals surface area contributed by atoms with Gasteiger partial charge < -0.3 is 15.3 Å². The molecule has 1 aliphatic rings. The van der Waals surface area contributed by atoms with Crippen molar-refractivity contribution in [1.82, 2.24) is 15.1 Å². The van der Waals surface area contributed by atoms with Gasteiger partial charge in [0.2, 0.25) is 0 Å². The van der Waals surface area contributed by atoms with E-state index in [9.17, 15) is 5.11 Å². The van der Waals surface area contributed by atoms with Crippen LogP contribution in [0.25, 0.3) is 0 Å². The summed E-state index contributed by atoms with van der Waals surface area (Å²) in [6.07, 6.45) is -0.242. The molecule has 0 amide bonds. The number of hydrogen-bond donors (Lipinski definition) is 2. The molecule has 0 saturated carbocycles. The molecular formula is C11H25N3O. The largest absolute Gasteiger partial charge is 0.390 e. The highest BCUT2D eigenvalue weighted by molar-refractivity contribution is 4.89. The Bertz CT molecular complexity index is 194. The van der Waals surface area contributed by atoms with Gasteiger partial charge in [-0.05, 0) is 27.9 Å². The van der Waals surface area contributed by atoms with Crippen molar-refractivity contribution in [3.05, 3.63) is 0 Å². The lowest BCUT2D eigenvalue weighted by Crippen LogP contribution is -2.51. The van der Waals surface area contributed by atoms with Gasteiger partial charge in [0.05, 0.1) is 6.10 Å². The number of nitrogens with one attached hydrogen (secondary N) is 1. The van der Waals surface area contributed by atoms with E-state index >= 15 is 0 Å². The molecule has 4 nitrogen and oxygen atoms in total. The molecule has 2 N–H and O–H groups in total. The van der Waals surface area contributed by atoms with Gasteiger partial charge in [0.25, 0.3) is 0 Å². The highest BCUT2D eigenvalue weighted by Crippen LogP contribution is 2.16. The fraction of sp³-hybridized carbons (Fsp3) is 1.00. The van der Waals surface area contributed by atoms with Gasteiger partial charge >= 0.3 is 0 Å². The topological polar surface area (TPSA) is 38.7 Å². The van der Waals surface area contributed by atoms with Crippen molar-refractivity contribution in [2.45, 2.75) is 25.5 Å². The van der Waals surface area contributed by atoms with E-state index in [2.05, 4.69) is 43.1 Å². The summed E-state index contributed by atoms with van der Waals surface area (Å²) in [5.74, 6) is 0. The third-order valence-electron chi connectivity index (χ3n) is 3.04. The molecule has 4 heteroatoms. The Kier molecular flexibility index (Phi) is 4.52. The van der Waals surface area contributed by atoms with Crippen LogP contribution in [0.15, 0.2) is 0 Å². The molecule has 1 rings (SSSR count). The number of aliphatic hydroxyl groups excluding tert-OH is 1. The normalized spacial score (nSPS) is 28.0. The minimum absolute atomic E-state index is 0.132. The third-order valence-corrected chi connectivity index (χ3v) is 3.04. The Hall–Kier alpha value is -0.160. The fourth-order valence-corrected chi connectivity index (χ4v) is 1.94. The first-order valence-electron chi connectivity index (χ1n) is 5.70. The molecule has 1 fully saturated rings. The fourth-order valence-electron chi connectivity index (χ4n) is 1.94. The SMILES string of the molecule is CN(C)CCN1CC(O)CNCC1(C)C. The van der Waals surface area contributed by atoms with E-state index in [0.29, 0.717) is 6.54 Å². The van der Waals surface area contributed by atoms with E-state index in [1.807, 2.05) is 0 Å². The quantitative estimate of drug-likeness (QED) is 0.671. The van der Waals surface area contributed by atoms with Crippen LogP contribution < -0.4 is 5.32 Å². The highest BCUT2D eigenvalue weighted by atomic mass is 16.3. The number of likely N-dealkylation sites (N-methyl/N-ethyl adjacent to an activating group) is 1. The van der Waals surface area contributed by atoms with Gasteiger partial charge in [0, 0.05) is 38.3 Å². The van der Waals surface area contributed by atoms with Crippen LogP contribution >= 0.6 is 0 Å². The average Bonchev–Trinajstić information content (AvgIpc) is 2.22. The number of hydrogen-bond acceptors (Lipinski definition) is 4. The van der Waals surface area contributed by atoms with Crippen molar-refractivity contribution < 1.29 is 5.11 Å². The van der Waals surface area contributed by atoms with Crippen LogP contribution in [-0.2, 0) is 0 Å². The predicted octanol–water partition coefficient (Wildman–Crippen LogP) is -0.407. The molecule has 0 bridgehead atoms. The van der Waals surface area contributed by atoms with Crippen molar-refractivity contribution in [3.63, 3.8) is 0 Å². The molecule has 0 aromatic carbocycles. The second kappa shape index (κ2) is 5.25.